The first-order valence-corrected chi connectivity index (χ1v) is 10.8. The fourth-order valence-corrected chi connectivity index (χ4v) is 4.08. The number of hydroxylamine groups is 1. The highest BCUT2D eigenvalue weighted by molar-refractivity contribution is 5.85. The van der Waals surface area contributed by atoms with Crippen molar-refractivity contribution in [2.75, 3.05) is 13.2 Å². The van der Waals surface area contributed by atoms with E-state index in [0.717, 1.165) is 27.8 Å². The van der Waals surface area contributed by atoms with Gasteiger partial charge in [-0.1, -0.05) is 78.9 Å². The van der Waals surface area contributed by atoms with Crippen molar-refractivity contribution in [3.8, 4) is 11.1 Å². The van der Waals surface area contributed by atoms with Gasteiger partial charge in [-0.15, -0.1) is 0 Å². The molecule has 0 spiro atoms. The Balaban J connectivity index is 1.42. The van der Waals surface area contributed by atoms with Gasteiger partial charge in [-0.25, -0.2) is 15.1 Å². The Kier molecular flexibility index (Phi) is 7.19. The Morgan fingerprint density at radius 1 is 0.853 bits per heavy atom. The van der Waals surface area contributed by atoms with E-state index in [0.29, 0.717) is 0 Å². The fraction of sp³-hybridized carbons (Fsp3) is 0.192. The van der Waals surface area contributed by atoms with E-state index < -0.39 is 30.6 Å². The number of rotatable bonds is 9. The third kappa shape index (κ3) is 5.41. The van der Waals surface area contributed by atoms with Gasteiger partial charge in [-0.3, -0.25) is 9.63 Å². The molecular weight excluding hydrogens is 436 g/mol. The number of carbonyl (C=O) groups is 3. The average Bonchev–Trinajstić information content (AvgIpc) is 3.16. The number of hydrogen-bond acceptors (Lipinski definition) is 5. The quantitative estimate of drug-likeness (QED) is 0.423. The lowest BCUT2D eigenvalue weighted by Crippen LogP contribution is -2.48. The van der Waals surface area contributed by atoms with E-state index in [2.05, 4.69) is 15.6 Å². The van der Waals surface area contributed by atoms with Crippen molar-refractivity contribution in [2.24, 2.45) is 0 Å². The Bertz CT molecular complexity index is 1140. The largest absolute Gasteiger partial charge is 0.479 e. The molecule has 0 aromatic heterocycles. The number of benzene rings is 3. The predicted octanol–water partition coefficient (Wildman–Crippen LogP) is 3.27. The summed E-state index contributed by atoms with van der Waals surface area (Å²) in [5.41, 5.74) is 7.27. The Labute approximate surface area is 196 Å². The second kappa shape index (κ2) is 10.6. The van der Waals surface area contributed by atoms with Crippen LogP contribution in [0.15, 0.2) is 78.9 Å². The maximum atomic E-state index is 12.7. The number of carbonyl (C=O) groups excluding carboxylic acids is 2. The lowest BCUT2D eigenvalue weighted by molar-refractivity contribution is -0.150. The summed E-state index contributed by atoms with van der Waals surface area (Å²) in [5, 5.41) is 11.3. The smallest absolute Gasteiger partial charge is 0.407 e. The number of nitrogens with one attached hydrogen (secondary N) is 2. The van der Waals surface area contributed by atoms with Crippen molar-refractivity contribution in [3.05, 3.63) is 95.6 Å². The van der Waals surface area contributed by atoms with Gasteiger partial charge < -0.3 is 15.2 Å². The van der Waals surface area contributed by atoms with Crippen molar-refractivity contribution < 1.29 is 29.1 Å². The number of fused-ring (bicyclic) bond motifs is 3. The van der Waals surface area contributed by atoms with Gasteiger partial charge in [0.05, 0.1) is 0 Å². The van der Waals surface area contributed by atoms with Gasteiger partial charge in [0.1, 0.15) is 12.6 Å². The van der Waals surface area contributed by atoms with Gasteiger partial charge in [0.25, 0.3) is 5.91 Å². The van der Waals surface area contributed by atoms with Crippen LogP contribution in [0.1, 0.15) is 22.6 Å². The molecule has 0 saturated heterocycles. The molecule has 2 amide bonds. The third-order valence-electron chi connectivity index (χ3n) is 5.60. The average molecular weight is 460 g/mol. The van der Waals surface area contributed by atoms with E-state index in [4.69, 9.17) is 9.84 Å². The SMILES string of the molecule is O=C(O)CONC(=O)[C@H](Cc1ccccc1)NC(=O)OCC1c2ccccc2-c2ccccc21. The molecule has 3 aromatic rings. The summed E-state index contributed by atoms with van der Waals surface area (Å²) in [7, 11) is 0. The lowest BCUT2D eigenvalue weighted by atomic mass is 9.98. The van der Waals surface area contributed by atoms with Crippen LogP contribution >= 0.6 is 0 Å². The van der Waals surface area contributed by atoms with E-state index in [1.54, 1.807) is 0 Å². The van der Waals surface area contributed by atoms with E-state index in [1.165, 1.54) is 0 Å². The molecule has 174 valence electrons. The minimum Gasteiger partial charge on any atom is -0.479 e. The number of amides is 2. The molecule has 0 bridgehead atoms. The van der Waals surface area contributed by atoms with Crippen LogP contribution in [0.5, 0.6) is 0 Å². The molecule has 0 aliphatic heterocycles. The molecule has 8 heteroatoms. The normalized spacial score (nSPS) is 12.8. The first-order valence-electron chi connectivity index (χ1n) is 10.8. The number of ether oxygens (including phenoxy) is 1. The lowest BCUT2D eigenvalue weighted by Gasteiger charge is -2.19. The van der Waals surface area contributed by atoms with Gasteiger partial charge >= 0.3 is 12.1 Å². The van der Waals surface area contributed by atoms with Crippen molar-refractivity contribution in [1.29, 1.82) is 0 Å². The number of aliphatic carboxylic acids is 1. The monoisotopic (exact) mass is 460 g/mol. The molecule has 3 aromatic carbocycles. The zero-order chi connectivity index (χ0) is 23.9. The van der Waals surface area contributed by atoms with Crippen molar-refractivity contribution in [3.63, 3.8) is 0 Å². The van der Waals surface area contributed by atoms with E-state index in [9.17, 15) is 14.4 Å². The minimum absolute atomic E-state index is 0.106. The van der Waals surface area contributed by atoms with Gasteiger partial charge in [-0.05, 0) is 27.8 Å². The molecule has 1 aliphatic carbocycles. The highest BCUT2D eigenvalue weighted by Gasteiger charge is 2.30. The summed E-state index contributed by atoms with van der Waals surface area (Å²) in [6, 6.07) is 24.1. The highest BCUT2D eigenvalue weighted by atomic mass is 16.7. The van der Waals surface area contributed by atoms with Gasteiger partial charge in [-0.2, -0.15) is 0 Å². The summed E-state index contributed by atoms with van der Waals surface area (Å²) in [5.74, 6) is -2.03. The molecule has 1 aliphatic rings. The first-order chi connectivity index (χ1) is 16.5. The van der Waals surface area contributed by atoms with Crippen LogP contribution in [0, 0.1) is 0 Å². The van der Waals surface area contributed by atoms with Gasteiger partial charge in [0, 0.05) is 12.3 Å². The summed E-state index contributed by atoms with van der Waals surface area (Å²) in [4.78, 5) is 40.5. The molecular formula is C26H24N2O6. The van der Waals surface area contributed by atoms with Crippen molar-refractivity contribution >= 4 is 18.0 Å². The van der Waals surface area contributed by atoms with E-state index in [-0.39, 0.29) is 18.9 Å². The van der Waals surface area contributed by atoms with Crippen LogP contribution in [0.2, 0.25) is 0 Å². The topological polar surface area (TPSA) is 114 Å². The molecule has 0 saturated carbocycles. The Morgan fingerprint density at radius 2 is 1.44 bits per heavy atom. The molecule has 0 heterocycles. The molecule has 0 fully saturated rings. The Morgan fingerprint density at radius 3 is 2.06 bits per heavy atom. The molecule has 3 N–H and O–H groups in total. The molecule has 8 nitrogen and oxygen atoms in total. The Hall–Kier alpha value is -4.17. The van der Waals surface area contributed by atoms with Gasteiger partial charge in [0.2, 0.25) is 0 Å². The second-order valence-corrected chi connectivity index (χ2v) is 7.86. The summed E-state index contributed by atoms with van der Waals surface area (Å²) < 4.78 is 5.54. The maximum absolute atomic E-state index is 12.7. The number of carboxylic acid groups (broad SMARTS) is 1. The van der Waals surface area contributed by atoms with Crippen LogP contribution in [-0.2, 0) is 25.6 Å². The summed E-state index contributed by atoms with van der Waals surface area (Å²) in [6.07, 6.45) is -0.580. The molecule has 4 rings (SSSR count). The van der Waals surface area contributed by atoms with Crippen molar-refractivity contribution in [1.82, 2.24) is 10.8 Å². The number of carboxylic acids is 1. The molecule has 0 radical (unpaired) electrons. The highest BCUT2D eigenvalue weighted by Crippen LogP contribution is 2.44. The fourth-order valence-electron chi connectivity index (χ4n) is 4.08. The third-order valence-corrected chi connectivity index (χ3v) is 5.60. The standard InChI is InChI=1S/C26H24N2O6/c29-24(30)16-34-28-25(31)23(14-17-8-2-1-3-9-17)27-26(32)33-15-22-20-12-6-4-10-18(20)19-11-5-7-13-21(19)22/h1-13,22-23H,14-16H2,(H,27,32)(H,28,31)(H,29,30)/t23-/m0/s1. The van der Waals surface area contributed by atoms with Crippen LogP contribution in [0.4, 0.5) is 4.79 Å². The van der Waals surface area contributed by atoms with Crippen LogP contribution < -0.4 is 10.8 Å². The zero-order valence-corrected chi connectivity index (χ0v) is 18.3. The van der Waals surface area contributed by atoms with Crippen LogP contribution in [0.3, 0.4) is 0 Å². The molecule has 1 atom stereocenters. The van der Waals surface area contributed by atoms with Crippen LogP contribution in [0.25, 0.3) is 11.1 Å². The zero-order valence-electron chi connectivity index (χ0n) is 18.3. The van der Waals surface area contributed by atoms with Gasteiger partial charge in [0.15, 0.2) is 6.61 Å². The van der Waals surface area contributed by atoms with E-state index in [1.807, 2.05) is 78.9 Å². The summed E-state index contributed by atoms with van der Waals surface area (Å²) >= 11 is 0. The molecule has 34 heavy (non-hydrogen) atoms. The predicted molar refractivity (Wildman–Crippen MR) is 124 cm³/mol. The molecule has 0 unspecified atom stereocenters. The number of alkyl carbamates (subject to hydrolysis) is 1. The minimum atomic E-state index is -1.23. The second-order valence-electron chi connectivity index (χ2n) is 7.86. The summed E-state index contributed by atoms with van der Waals surface area (Å²) in [6.45, 7) is -0.593. The number of hydrogen-bond donors (Lipinski definition) is 3. The van der Waals surface area contributed by atoms with E-state index >= 15 is 0 Å². The van der Waals surface area contributed by atoms with Crippen molar-refractivity contribution in [2.45, 2.75) is 18.4 Å². The first kappa shape index (κ1) is 23.0. The van der Waals surface area contributed by atoms with Crippen LogP contribution in [-0.4, -0.2) is 42.3 Å². The maximum Gasteiger partial charge on any atom is 0.407 e.